The van der Waals surface area contributed by atoms with Crippen LogP contribution in [0.2, 0.25) is 0 Å². The Balaban J connectivity index is 2.17. The fourth-order valence-corrected chi connectivity index (χ4v) is 1.60. The highest BCUT2D eigenvalue weighted by molar-refractivity contribution is 5.61. The molecule has 0 saturated heterocycles. The molecule has 5 heteroatoms. The van der Waals surface area contributed by atoms with Crippen molar-refractivity contribution < 1.29 is 9.31 Å². The number of nitrogens with one attached hydrogen (secondary N) is 1. The number of nitrogens with zero attached hydrogens (tertiary/aromatic N) is 1. The molecule has 2 rings (SSSR count). The number of nitro benzene ring substituents is 1. The molecule has 4 nitrogen and oxygen atoms in total. The van der Waals surface area contributed by atoms with Gasteiger partial charge in [0.05, 0.1) is 11.0 Å². The predicted octanol–water partition coefficient (Wildman–Crippen LogP) is 3.35. The van der Waals surface area contributed by atoms with Gasteiger partial charge >= 0.3 is 0 Å². The third-order valence-electron chi connectivity index (χ3n) is 2.48. The SMILES string of the molecule is O=[N+]([O-])c1cc(F)ccc1NCc1ccccc1. The summed E-state index contributed by atoms with van der Waals surface area (Å²) >= 11 is 0. The maximum absolute atomic E-state index is 12.9. The summed E-state index contributed by atoms with van der Waals surface area (Å²) in [4.78, 5) is 10.2. The van der Waals surface area contributed by atoms with Crippen LogP contribution in [0.15, 0.2) is 48.5 Å². The summed E-state index contributed by atoms with van der Waals surface area (Å²) in [5, 5.41) is 13.7. The Kier molecular flexibility index (Phi) is 3.52. The number of halogens is 1. The monoisotopic (exact) mass is 246 g/mol. The molecule has 0 amide bonds. The molecule has 1 N–H and O–H groups in total. The highest BCUT2D eigenvalue weighted by atomic mass is 19.1. The van der Waals surface area contributed by atoms with Gasteiger partial charge in [-0.3, -0.25) is 10.1 Å². The number of benzene rings is 2. The van der Waals surface area contributed by atoms with Gasteiger partial charge in [0, 0.05) is 6.54 Å². The van der Waals surface area contributed by atoms with Gasteiger partial charge in [0.1, 0.15) is 11.5 Å². The highest BCUT2D eigenvalue weighted by Crippen LogP contribution is 2.25. The Morgan fingerprint density at radius 2 is 1.89 bits per heavy atom. The van der Waals surface area contributed by atoms with Crippen LogP contribution < -0.4 is 5.32 Å². The largest absolute Gasteiger partial charge is 0.375 e. The van der Waals surface area contributed by atoms with Crippen molar-refractivity contribution in [2.45, 2.75) is 6.54 Å². The van der Waals surface area contributed by atoms with Crippen LogP contribution in [-0.2, 0) is 6.54 Å². The molecule has 0 atom stereocenters. The number of rotatable bonds is 4. The third kappa shape index (κ3) is 2.82. The molecule has 0 aliphatic heterocycles. The topological polar surface area (TPSA) is 55.2 Å². The fourth-order valence-electron chi connectivity index (χ4n) is 1.60. The van der Waals surface area contributed by atoms with Crippen molar-refractivity contribution in [1.82, 2.24) is 0 Å². The van der Waals surface area contributed by atoms with E-state index in [0.717, 1.165) is 11.6 Å². The molecule has 0 unspecified atom stereocenters. The van der Waals surface area contributed by atoms with E-state index < -0.39 is 10.7 Å². The minimum Gasteiger partial charge on any atom is -0.375 e. The van der Waals surface area contributed by atoms with E-state index in [0.29, 0.717) is 12.2 Å². The van der Waals surface area contributed by atoms with Crippen LogP contribution in [0.4, 0.5) is 15.8 Å². The van der Waals surface area contributed by atoms with Crippen LogP contribution >= 0.6 is 0 Å². The summed E-state index contributed by atoms with van der Waals surface area (Å²) in [6.07, 6.45) is 0. The molecule has 0 bridgehead atoms. The second-order valence-corrected chi connectivity index (χ2v) is 3.76. The first-order valence-corrected chi connectivity index (χ1v) is 5.38. The first-order chi connectivity index (χ1) is 8.66. The van der Waals surface area contributed by atoms with Crippen molar-refractivity contribution in [2.24, 2.45) is 0 Å². The number of nitro groups is 1. The third-order valence-corrected chi connectivity index (χ3v) is 2.48. The van der Waals surface area contributed by atoms with Crippen LogP contribution in [0.5, 0.6) is 0 Å². The van der Waals surface area contributed by atoms with Crippen LogP contribution in [0.1, 0.15) is 5.56 Å². The lowest BCUT2D eigenvalue weighted by Gasteiger charge is -2.07. The van der Waals surface area contributed by atoms with E-state index in [4.69, 9.17) is 0 Å². The molecule has 92 valence electrons. The molecule has 2 aromatic carbocycles. The quantitative estimate of drug-likeness (QED) is 0.664. The van der Waals surface area contributed by atoms with Crippen LogP contribution in [-0.4, -0.2) is 4.92 Å². The van der Waals surface area contributed by atoms with Gasteiger partial charge in [-0.2, -0.15) is 0 Å². The molecular formula is C13H11FN2O2. The normalized spacial score (nSPS) is 10.1. The minimum absolute atomic E-state index is 0.258. The number of hydrogen-bond acceptors (Lipinski definition) is 3. The molecule has 0 aliphatic rings. The minimum atomic E-state index is -0.619. The summed E-state index contributed by atoms with van der Waals surface area (Å²) in [5.74, 6) is -0.619. The number of hydrogen-bond donors (Lipinski definition) is 1. The lowest BCUT2D eigenvalue weighted by molar-refractivity contribution is -0.384. The molecule has 0 fully saturated rings. The van der Waals surface area contributed by atoms with Crippen molar-refractivity contribution in [3.8, 4) is 0 Å². The molecule has 0 aromatic heterocycles. The van der Waals surface area contributed by atoms with Crippen molar-refractivity contribution >= 4 is 11.4 Å². The zero-order chi connectivity index (χ0) is 13.0. The highest BCUT2D eigenvalue weighted by Gasteiger charge is 2.14. The Morgan fingerprint density at radius 3 is 2.56 bits per heavy atom. The maximum Gasteiger partial charge on any atom is 0.295 e. The Morgan fingerprint density at radius 1 is 1.17 bits per heavy atom. The van der Waals surface area contributed by atoms with Gasteiger partial charge in [-0.25, -0.2) is 4.39 Å². The van der Waals surface area contributed by atoms with E-state index >= 15 is 0 Å². The molecule has 0 aliphatic carbocycles. The summed E-state index contributed by atoms with van der Waals surface area (Å²) in [5.41, 5.74) is 1.05. The summed E-state index contributed by atoms with van der Waals surface area (Å²) in [6, 6.07) is 12.9. The van der Waals surface area contributed by atoms with Crippen molar-refractivity contribution in [3.63, 3.8) is 0 Å². The van der Waals surface area contributed by atoms with Gasteiger partial charge in [0.2, 0.25) is 0 Å². The number of anilines is 1. The zero-order valence-electron chi connectivity index (χ0n) is 9.47. The molecule has 18 heavy (non-hydrogen) atoms. The average molecular weight is 246 g/mol. The van der Waals surface area contributed by atoms with Gasteiger partial charge in [-0.15, -0.1) is 0 Å². The Bertz CT molecular complexity index is 558. The average Bonchev–Trinajstić information content (AvgIpc) is 2.38. The van der Waals surface area contributed by atoms with Gasteiger partial charge in [-0.05, 0) is 17.7 Å². The molecule has 0 spiro atoms. The molecule has 0 radical (unpaired) electrons. The maximum atomic E-state index is 12.9. The Labute approximate surface area is 103 Å². The predicted molar refractivity (Wildman–Crippen MR) is 66.8 cm³/mol. The smallest absolute Gasteiger partial charge is 0.295 e. The fraction of sp³-hybridized carbons (Fsp3) is 0.0769. The molecule has 2 aromatic rings. The lowest BCUT2D eigenvalue weighted by atomic mass is 10.2. The summed E-state index contributed by atoms with van der Waals surface area (Å²) < 4.78 is 12.9. The molecule has 0 saturated carbocycles. The van der Waals surface area contributed by atoms with Crippen molar-refractivity contribution in [3.05, 3.63) is 70.0 Å². The second kappa shape index (κ2) is 5.27. The van der Waals surface area contributed by atoms with Gasteiger partial charge < -0.3 is 5.32 Å². The van der Waals surface area contributed by atoms with Gasteiger partial charge in [-0.1, -0.05) is 30.3 Å². The van der Waals surface area contributed by atoms with Crippen LogP contribution in [0, 0.1) is 15.9 Å². The van der Waals surface area contributed by atoms with Crippen molar-refractivity contribution in [1.29, 1.82) is 0 Å². The van der Waals surface area contributed by atoms with Crippen LogP contribution in [0.25, 0.3) is 0 Å². The molecular weight excluding hydrogens is 235 g/mol. The van der Waals surface area contributed by atoms with E-state index in [1.807, 2.05) is 30.3 Å². The van der Waals surface area contributed by atoms with Crippen LogP contribution in [0.3, 0.4) is 0 Å². The summed E-state index contributed by atoms with van der Waals surface area (Å²) in [6.45, 7) is 0.452. The standard InChI is InChI=1S/C13H11FN2O2/c14-11-6-7-12(13(8-11)16(17)18)15-9-10-4-2-1-3-5-10/h1-8,15H,9H2. The molecule has 0 heterocycles. The van der Waals surface area contributed by atoms with E-state index in [-0.39, 0.29) is 5.69 Å². The van der Waals surface area contributed by atoms with E-state index in [2.05, 4.69) is 5.32 Å². The van der Waals surface area contributed by atoms with Crippen molar-refractivity contribution in [2.75, 3.05) is 5.32 Å². The first-order valence-electron chi connectivity index (χ1n) is 5.38. The van der Waals surface area contributed by atoms with Gasteiger partial charge in [0.25, 0.3) is 5.69 Å². The van der Waals surface area contributed by atoms with Gasteiger partial charge in [0.15, 0.2) is 0 Å². The zero-order valence-corrected chi connectivity index (χ0v) is 9.47. The summed E-state index contributed by atoms with van der Waals surface area (Å²) in [7, 11) is 0. The first kappa shape index (κ1) is 12.0. The van der Waals surface area contributed by atoms with E-state index in [1.54, 1.807) is 0 Å². The Hall–Kier alpha value is -2.43. The lowest BCUT2D eigenvalue weighted by Crippen LogP contribution is -2.02. The van der Waals surface area contributed by atoms with E-state index in [9.17, 15) is 14.5 Å². The van der Waals surface area contributed by atoms with E-state index in [1.165, 1.54) is 12.1 Å². The second-order valence-electron chi connectivity index (χ2n) is 3.76.